The number of carbonyl (C=O) groups excluding carboxylic acids is 1. The van der Waals surface area contributed by atoms with Crippen molar-refractivity contribution in [3.8, 4) is 0 Å². The first kappa shape index (κ1) is 14.1. The summed E-state index contributed by atoms with van der Waals surface area (Å²) in [6.45, 7) is 4.38. The van der Waals surface area contributed by atoms with Crippen molar-refractivity contribution in [2.75, 3.05) is 6.54 Å². The number of aromatic nitrogens is 1. The fourth-order valence-electron chi connectivity index (χ4n) is 2.62. The molecule has 1 saturated carbocycles. The van der Waals surface area contributed by atoms with Crippen molar-refractivity contribution in [1.29, 1.82) is 0 Å². The second-order valence-electron chi connectivity index (χ2n) is 5.30. The van der Waals surface area contributed by atoms with E-state index < -0.39 is 0 Å². The van der Waals surface area contributed by atoms with Crippen molar-refractivity contribution < 1.29 is 14.4 Å². The highest BCUT2D eigenvalue weighted by molar-refractivity contribution is 5.96. The third-order valence-electron chi connectivity index (χ3n) is 3.86. The molecule has 0 unspecified atom stereocenters. The van der Waals surface area contributed by atoms with Gasteiger partial charge in [-0.05, 0) is 44.9 Å². The van der Waals surface area contributed by atoms with Gasteiger partial charge in [-0.3, -0.25) is 4.79 Å². The molecule has 2 N–H and O–H groups in total. The van der Waals surface area contributed by atoms with Gasteiger partial charge in [-0.2, -0.15) is 0 Å². The molecule has 1 aromatic rings. The largest absolute Gasteiger partial charge is 0.393 e. The van der Waals surface area contributed by atoms with E-state index in [1.165, 1.54) is 0 Å². The monoisotopic (exact) mass is 266 g/mol. The highest BCUT2D eigenvalue weighted by Crippen LogP contribution is 2.23. The number of aliphatic hydroxyl groups excluding tert-OH is 1. The van der Waals surface area contributed by atoms with Crippen molar-refractivity contribution in [3.63, 3.8) is 0 Å². The van der Waals surface area contributed by atoms with Crippen molar-refractivity contribution in [3.05, 3.63) is 17.0 Å². The normalized spacial score (nSPS) is 23.3. The van der Waals surface area contributed by atoms with Gasteiger partial charge in [-0.15, -0.1) is 0 Å². The van der Waals surface area contributed by atoms with Crippen LogP contribution in [-0.4, -0.2) is 28.8 Å². The Labute approximate surface area is 113 Å². The van der Waals surface area contributed by atoms with Crippen LogP contribution >= 0.6 is 0 Å². The molecule has 2 rings (SSSR count). The van der Waals surface area contributed by atoms with Crippen molar-refractivity contribution in [2.45, 2.75) is 52.1 Å². The summed E-state index contributed by atoms with van der Waals surface area (Å²) < 4.78 is 5.07. The predicted octanol–water partition coefficient (Wildman–Crippen LogP) is 1.83. The van der Waals surface area contributed by atoms with Gasteiger partial charge in [-0.25, -0.2) is 0 Å². The molecule has 0 aliphatic heterocycles. The molecule has 5 nitrogen and oxygen atoms in total. The van der Waals surface area contributed by atoms with Crippen LogP contribution in [0.5, 0.6) is 0 Å². The second kappa shape index (κ2) is 6.19. The van der Waals surface area contributed by atoms with E-state index >= 15 is 0 Å². The lowest BCUT2D eigenvalue weighted by Crippen LogP contribution is -2.32. The van der Waals surface area contributed by atoms with Crippen LogP contribution in [0.3, 0.4) is 0 Å². The van der Waals surface area contributed by atoms with Gasteiger partial charge in [-0.1, -0.05) is 12.1 Å². The minimum absolute atomic E-state index is 0.0956. The molecule has 0 aromatic carbocycles. The Morgan fingerprint density at radius 1 is 1.42 bits per heavy atom. The highest BCUT2D eigenvalue weighted by atomic mass is 16.5. The molecule has 1 amide bonds. The van der Waals surface area contributed by atoms with Crippen LogP contribution in [0, 0.1) is 12.8 Å². The third-order valence-corrected chi connectivity index (χ3v) is 3.86. The van der Waals surface area contributed by atoms with Crippen molar-refractivity contribution >= 4 is 5.91 Å². The van der Waals surface area contributed by atoms with E-state index in [2.05, 4.69) is 10.5 Å². The van der Waals surface area contributed by atoms with Gasteiger partial charge in [0, 0.05) is 6.54 Å². The first-order valence-electron chi connectivity index (χ1n) is 7.03. The van der Waals surface area contributed by atoms with Crippen molar-refractivity contribution in [1.82, 2.24) is 10.5 Å². The maximum absolute atomic E-state index is 12.2. The summed E-state index contributed by atoms with van der Waals surface area (Å²) in [5.74, 6) is 0.952. The lowest BCUT2D eigenvalue weighted by Gasteiger charge is -2.25. The third kappa shape index (κ3) is 3.35. The number of rotatable bonds is 4. The molecule has 1 aliphatic carbocycles. The molecule has 1 heterocycles. The number of nitrogens with zero attached hydrogens (tertiary/aromatic N) is 1. The molecule has 1 aromatic heterocycles. The van der Waals surface area contributed by atoms with Gasteiger partial charge in [0.1, 0.15) is 11.3 Å². The van der Waals surface area contributed by atoms with E-state index in [4.69, 9.17) is 4.52 Å². The molecule has 1 fully saturated rings. The summed E-state index contributed by atoms with van der Waals surface area (Å²) in [5, 5.41) is 16.3. The van der Waals surface area contributed by atoms with E-state index in [0.29, 0.717) is 35.9 Å². The van der Waals surface area contributed by atoms with Gasteiger partial charge in [0.2, 0.25) is 0 Å². The van der Waals surface area contributed by atoms with Gasteiger partial charge < -0.3 is 14.9 Å². The molecule has 0 saturated heterocycles. The number of aryl methyl sites for hydroxylation is 2. The summed E-state index contributed by atoms with van der Waals surface area (Å²) >= 11 is 0. The minimum Gasteiger partial charge on any atom is -0.393 e. The summed E-state index contributed by atoms with van der Waals surface area (Å²) in [5.41, 5.74) is 1.30. The number of aliphatic hydroxyl groups is 1. The smallest absolute Gasteiger partial charge is 0.256 e. The quantitative estimate of drug-likeness (QED) is 0.871. The lowest BCUT2D eigenvalue weighted by atomic mass is 9.87. The molecule has 0 radical (unpaired) electrons. The van der Waals surface area contributed by atoms with Crippen molar-refractivity contribution in [2.24, 2.45) is 5.92 Å². The van der Waals surface area contributed by atoms with E-state index in [0.717, 1.165) is 25.7 Å². The van der Waals surface area contributed by atoms with Crippen LogP contribution in [-0.2, 0) is 6.42 Å². The lowest BCUT2D eigenvalue weighted by molar-refractivity contribution is 0.0908. The Morgan fingerprint density at radius 3 is 2.74 bits per heavy atom. The van der Waals surface area contributed by atoms with Gasteiger partial charge >= 0.3 is 0 Å². The Balaban J connectivity index is 1.89. The zero-order valence-electron chi connectivity index (χ0n) is 11.6. The number of amides is 1. The maximum Gasteiger partial charge on any atom is 0.256 e. The van der Waals surface area contributed by atoms with E-state index in [1.54, 1.807) is 6.92 Å². The summed E-state index contributed by atoms with van der Waals surface area (Å²) in [7, 11) is 0. The predicted molar refractivity (Wildman–Crippen MR) is 70.9 cm³/mol. The highest BCUT2D eigenvalue weighted by Gasteiger charge is 2.22. The van der Waals surface area contributed by atoms with Gasteiger partial charge in [0.25, 0.3) is 5.91 Å². The standard InChI is InChI=1S/C14H22N2O3/c1-3-12-13(9(2)19-16-12)14(18)15-8-10-4-6-11(17)7-5-10/h10-11,17H,3-8H2,1-2H3,(H,15,18). The molecule has 0 bridgehead atoms. The Hall–Kier alpha value is -1.36. The molecular weight excluding hydrogens is 244 g/mol. The maximum atomic E-state index is 12.2. The van der Waals surface area contributed by atoms with E-state index in [1.807, 2.05) is 6.92 Å². The van der Waals surface area contributed by atoms with E-state index in [9.17, 15) is 9.90 Å². The van der Waals surface area contributed by atoms with Gasteiger partial charge in [0.15, 0.2) is 0 Å². The first-order chi connectivity index (χ1) is 9.11. The Kier molecular flexibility index (Phi) is 4.58. The molecule has 0 atom stereocenters. The first-order valence-corrected chi connectivity index (χ1v) is 7.03. The zero-order chi connectivity index (χ0) is 13.8. The van der Waals surface area contributed by atoms with Crippen LogP contribution in [0.4, 0.5) is 0 Å². The summed E-state index contributed by atoms with van der Waals surface area (Å²) in [4.78, 5) is 12.2. The fourth-order valence-corrected chi connectivity index (χ4v) is 2.62. The number of hydrogen-bond donors (Lipinski definition) is 2. The summed E-state index contributed by atoms with van der Waals surface area (Å²) in [6.07, 6.45) is 4.17. The minimum atomic E-state index is -0.154. The van der Waals surface area contributed by atoms with Crippen LogP contribution in [0.1, 0.15) is 54.4 Å². The second-order valence-corrected chi connectivity index (χ2v) is 5.30. The number of hydrogen-bond acceptors (Lipinski definition) is 4. The topological polar surface area (TPSA) is 75.4 Å². The molecule has 5 heteroatoms. The molecule has 1 aliphatic rings. The zero-order valence-corrected chi connectivity index (χ0v) is 11.6. The Bertz CT molecular complexity index is 434. The SMILES string of the molecule is CCc1noc(C)c1C(=O)NCC1CCC(O)CC1. The van der Waals surface area contributed by atoms with Crippen LogP contribution in [0.2, 0.25) is 0 Å². The van der Waals surface area contributed by atoms with Gasteiger partial charge in [0.05, 0.1) is 11.8 Å². The average molecular weight is 266 g/mol. The number of carbonyl (C=O) groups is 1. The van der Waals surface area contributed by atoms with Crippen LogP contribution in [0.15, 0.2) is 4.52 Å². The molecule has 106 valence electrons. The molecule has 19 heavy (non-hydrogen) atoms. The summed E-state index contributed by atoms with van der Waals surface area (Å²) in [6, 6.07) is 0. The fraction of sp³-hybridized carbons (Fsp3) is 0.714. The molecule has 0 spiro atoms. The molecular formula is C14H22N2O3. The van der Waals surface area contributed by atoms with E-state index in [-0.39, 0.29) is 12.0 Å². The average Bonchev–Trinajstić information content (AvgIpc) is 2.79. The van der Waals surface area contributed by atoms with Crippen LogP contribution in [0.25, 0.3) is 0 Å². The van der Waals surface area contributed by atoms with Crippen LogP contribution < -0.4 is 5.32 Å². The Morgan fingerprint density at radius 2 is 2.11 bits per heavy atom. The number of nitrogens with one attached hydrogen (secondary N) is 1.